The van der Waals surface area contributed by atoms with Crippen molar-refractivity contribution in [3.8, 4) is 0 Å². The van der Waals surface area contributed by atoms with Gasteiger partial charge in [-0.25, -0.2) is 0 Å². The molecule has 5 heteroatoms. The quantitative estimate of drug-likeness (QED) is 0.607. The minimum Gasteiger partial charge on any atom is -0.410 e. The maximum absolute atomic E-state index is 9.05. The molecule has 1 saturated heterocycles. The lowest BCUT2D eigenvalue weighted by Gasteiger charge is -2.37. The first-order chi connectivity index (χ1) is 6.13. The lowest BCUT2D eigenvalue weighted by Crippen LogP contribution is -2.49. The van der Waals surface area contributed by atoms with E-state index in [9.17, 15) is 0 Å². The van der Waals surface area contributed by atoms with Crippen molar-refractivity contribution in [2.24, 2.45) is 5.41 Å². The SMILES string of the molecule is CC(C)B1OCC(CO)(CO)CO1. The van der Waals surface area contributed by atoms with Gasteiger partial charge < -0.3 is 19.5 Å². The summed E-state index contributed by atoms with van der Waals surface area (Å²) in [5, 5.41) is 18.1. The van der Waals surface area contributed by atoms with Gasteiger partial charge in [-0.3, -0.25) is 0 Å². The van der Waals surface area contributed by atoms with Gasteiger partial charge in [-0.05, 0) is 5.82 Å². The van der Waals surface area contributed by atoms with Crippen molar-refractivity contribution in [1.82, 2.24) is 0 Å². The van der Waals surface area contributed by atoms with Crippen LogP contribution in [0.1, 0.15) is 13.8 Å². The Labute approximate surface area is 79.0 Å². The Morgan fingerprint density at radius 2 is 1.69 bits per heavy atom. The van der Waals surface area contributed by atoms with Gasteiger partial charge in [-0.1, -0.05) is 13.8 Å². The van der Waals surface area contributed by atoms with E-state index in [-0.39, 0.29) is 20.3 Å². The second-order valence-electron chi connectivity index (χ2n) is 4.05. The van der Waals surface area contributed by atoms with E-state index < -0.39 is 5.41 Å². The molecule has 0 aliphatic carbocycles. The molecule has 0 amide bonds. The molecule has 0 aromatic rings. The maximum Gasteiger partial charge on any atom is 0.459 e. The van der Waals surface area contributed by atoms with E-state index in [2.05, 4.69) is 0 Å². The van der Waals surface area contributed by atoms with Crippen LogP contribution in [0.3, 0.4) is 0 Å². The van der Waals surface area contributed by atoms with Crippen LogP contribution in [0.15, 0.2) is 0 Å². The van der Waals surface area contributed by atoms with Gasteiger partial charge in [0.25, 0.3) is 0 Å². The van der Waals surface area contributed by atoms with Crippen LogP contribution in [0.5, 0.6) is 0 Å². The minimum absolute atomic E-state index is 0.103. The number of aliphatic hydroxyl groups is 2. The van der Waals surface area contributed by atoms with Crippen LogP contribution in [-0.2, 0) is 9.31 Å². The molecule has 1 aliphatic heterocycles. The molecule has 2 N–H and O–H groups in total. The van der Waals surface area contributed by atoms with Crippen molar-refractivity contribution in [3.63, 3.8) is 0 Å². The smallest absolute Gasteiger partial charge is 0.410 e. The van der Waals surface area contributed by atoms with Crippen molar-refractivity contribution in [2.45, 2.75) is 19.7 Å². The van der Waals surface area contributed by atoms with Crippen LogP contribution in [0.2, 0.25) is 5.82 Å². The van der Waals surface area contributed by atoms with E-state index in [0.29, 0.717) is 19.0 Å². The van der Waals surface area contributed by atoms with Crippen LogP contribution in [0.25, 0.3) is 0 Å². The summed E-state index contributed by atoms with van der Waals surface area (Å²) in [5.74, 6) is 0.301. The number of rotatable bonds is 3. The van der Waals surface area contributed by atoms with E-state index >= 15 is 0 Å². The molecule has 0 aromatic heterocycles. The van der Waals surface area contributed by atoms with E-state index in [1.54, 1.807) is 0 Å². The summed E-state index contributed by atoms with van der Waals surface area (Å²) in [5.41, 5.74) is -0.606. The number of aliphatic hydroxyl groups excluding tert-OH is 2. The number of hydrogen-bond donors (Lipinski definition) is 2. The highest BCUT2D eigenvalue weighted by molar-refractivity contribution is 6.46. The summed E-state index contributed by atoms with van der Waals surface area (Å²) in [6.45, 7) is 4.54. The summed E-state index contributed by atoms with van der Waals surface area (Å²) in [6.07, 6.45) is 0. The third kappa shape index (κ3) is 2.43. The van der Waals surface area contributed by atoms with Gasteiger partial charge in [0.2, 0.25) is 0 Å². The minimum atomic E-state index is -0.606. The Balaban J connectivity index is 2.45. The summed E-state index contributed by atoms with van der Waals surface area (Å²) < 4.78 is 10.8. The second-order valence-corrected chi connectivity index (χ2v) is 4.05. The first-order valence-electron chi connectivity index (χ1n) is 4.58. The van der Waals surface area contributed by atoms with Gasteiger partial charge in [0.15, 0.2) is 0 Å². The van der Waals surface area contributed by atoms with Crippen LogP contribution < -0.4 is 0 Å². The Morgan fingerprint density at radius 3 is 2.00 bits per heavy atom. The fraction of sp³-hybridized carbons (Fsp3) is 1.00. The predicted octanol–water partition coefficient (Wildman–Crippen LogP) is -0.0976. The average Bonchev–Trinajstić information content (AvgIpc) is 2.18. The molecule has 1 heterocycles. The van der Waals surface area contributed by atoms with Crippen LogP contribution >= 0.6 is 0 Å². The van der Waals surface area contributed by atoms with Crippen LogP contribution in [0.4, 0.5) is 0 Å². The highest BCUT2D eigenvalue weighted by Crippen LogP contribution is 2.25. The van der Waals surface area contributed by atoms with Crippen molar-refractivity contribution < 1.29 is 19.5 Å². The fourth-order valence-electron chi connectivity index (χ4n) is 1.23. The fourth-order valence-corrected chi connectivity index (χ4v) is 1.23. The summed E-state index contributed by atoms with van der Waals surface area (Å²) in [7, 11) is -0.203. The Kier molecular flexibility index (Phi) is 3.73. The molecule has 0 radical (unpaired) electrons. The average molecular weight is 188 g/mol. The second kappa shape index (κ2) is 4.42. The first kappa shape index (κ1) is 11.0. The summed E-state index contributed by atoms with van der Waals surface area (Å²) in [6, 6.07) is 0. The molecule has 0 bridgehead atoms. The molecule has 0 unspecified atom stereocenters. The first-order valence-corrected chi connectivity index (χ1v) is 4.58. The molecule has 0 atom stereocenters. The Bertz CT molecular complexity index is 148. The molecule has 1 aliphatic rings. The number of hydrogen-bond acceptors (Lipinski definition) is 4. The standard InChI is InChI=1S/C8H17BO4/c1-7(2)9-12-5-8(3-10,4-11)6-13-9/h7,10-11H,3-6H2,1-2H3. The van der Waals surface area contributed by atoms with Crippen molar-refractivity contribution in [3.05, 3.63) is 0 Å². The molecule has 0 aromatic carbocycles. The normalized spacial score (nSPS) is 22.4. The molecule has 1 fully saturated rings. The van der Waals surface area contributed by atoms with Crippen LogP contribution in [-0.4, -0.2) is 43.8 Å². The van der Waals surface area contributed by atoms with Gasteiger partial charge in [-0.2, -0.15) is 0 Å². The Morgan fingerprint density at radius 1 is 1.23 bits per heavy atom. The van der Waals surface area contributed by atoms with Gasteiger partial charge in [0.1, 0.15) is 0 Å². The van der Waals surface area contributed by atoms with E-state index in [0.717, 1.165) is 0 Å². The van der Waals surface area contributed by atoms with Crippen molar-refractivity contribution >= 4 is 7.12 Å². The van der Waals surface area contributed by atoms with E-state index in [1.807, 2.05) is 13.8 Å². The molecule has 1 rings (SSSR count). The molecule has 0 saturated carbocycles. The Hall–Kier alpha value is -0.0951. The predicted molar refractivity (Wildman–Crippen MR) is 49.4 cm³/mol. The zero-order valence-electron chi connectivity index (χ0n) is 8.19. The molecule has 4 nitrogen and oxygen atoms in total. The largest absolute Gasteiger partial charge is 0.459 e. The van der Waals surface area contributed by atoms with Gasteiger partial charge in [0.05, 0.1) is 18.6 Å². The monoisotopic (exact) mass is 188 g/mol. The lowest BCUT2D eigenvalue weighted by molar-refractivity contribution is -0.0626. The maximum atomic E-state index is 9.05. The third-order valence-electron chi connectivity index (χ3n) is 2.32. The van der Waals surface area contributed by atoms with Crippen LogP contribution in [0, 0.1) is 5.41 Å². The lowest BCUT2D eigenvalue weighted by atomic mass is 9.72. The summed E-state index contributed by atoms with van der Waals surface area (Å²) >= 11 is 0. The highest BCUT2D eigenvalue weighted by Gasteiger charge is 2.39. The molecule has 13 heavy (non-hydrogen) atoms. The van der Waals surface area contributed by atoms with Crippen molar-refractivity contribution in [1.29, 1.82) is 0 Å². The van der Waals surface area contributed by atoms with Gasteiger partial charge >= 0.3 is 7.12 Å². The third-order valence-corrected chi connectivity index (χ3v) is 2.32. The molecular weight excluding hydrogens is 171 g/mol. The summed E-state index contributed by atoms with van der Waals surface area (Å²) in [4.78, 5) is 0. The van der Waals surface area contributed by atoms with Gasteiger partial charge in [-0.15, -0.1) is 0 Å². The zero-order valence-corrected chi connectivity index (χ0v) is 8.19. The van der Waals surface area contributed by atoms with Crippen molar-refractivity contribution in [2.75, 3.05) is 26.4 Å². The van der Waals surface area contributed by atoms with E-state index in [4.69, 9.17) is 19.5 Å². The molecule has 0 spiro atoms. The van der Waals surface area contributed by atoms with E-state index in [1.165, 1.54) is 0 Å². The molecular formula is C8H17BO4. The molecule has 76 valence electrons. The highest BCUT2D eigenvalue weighted by atomic mass is 16.6. The topological polar surface area (TPSA) is 58.9 Å². The van der Waals surface area contributed by atoms with Gasteiger partial charge in [0, 0.05) is 13.2 Å². The zero-order chi connectivity index (χ0) is 9.90.